The first kappa shape index (κ1) is 12.1. The van der Waals surface area contributed by atoms with Crippen LogP contribution in [0.25, 0.3) is 0 Å². The van der Waals surface area contributed by atoms with E-state index in [0.717, 1.165) is 43.0 Å². The van der Waals surface area contributed by atoms with Crippen LogP contribution in [0.3, 0.4) is 0 Å². The van der Waals surface area contributed by atoms with Crippen LogP contribution in [-0.2, 0) is 23.6 Å². The van der Waals surface area contributed by atoms with Gasteiger partial charge in [-0.05, 0) is 38.5 Å². The van der Waals surface area contributed by atoms with E-state index >= 15 is 0 Å². The van der Waals surface area contributed by atoms with Gasteiger partial charge in [-0.3, -0.25) is 4.21 Å². The number of nitrogens with one attached hydrogen (secondary N) is 1. The van der Waals surface area contributed by atoms with Gasteiger partial charge >= 0.3 is 0 Å². The first-order chi connectivity index (χ1) is 8.83. The number of nitrogens with zero attached hydrogens (tertiary/aromatic N) is 2. The number of fused-ring (bicyclic) bond motifs is 1. The molecule has 0 amide bonds. The van der Waals surface area contributed by atoms with Crippen molar-refractivity contribution in [2.75, 3.05) is 16.8 Å². The SMILES string of the molecule is O=S1CCC(Nc2ncnc3c2CCCC3)CC1. The highest BCUT2D eigenvalue weighted by Crippen LogP contribution is 2.26. The summed E-state index contributed by atoms with van der Waals surface area (Å²) in [6, 6.07) is 0.434. The highest BCUT2D eigenvalue weighted by atomic mass is 32.2. The Morgan fingerprint density at radius 1 is 1.17 bits per heavy atom. The summed E-state index contributed by atoms with van der Waals surface area (Å²) >= 11 is 0. The maximum absolute atomic E-state index is 11.4. The van der Waals surface area contributed by atoms with Crippen molar-refractivity contribution in [2.45, 2.75) is 44.6 Å². The molecule has 2 aliphatic rings. The summed E-state index contributed by atoms with van der Waals surface area (Å²) in [6.45, 7) is 0. The van der Waals surface area contributed by atoms with Crippen molar-refractivity contribution in [3.63, 3.8) is 0 Å². The predicted molar refractivity (Wildman–Crippen MR) is 73.2 cm³/mol. The molecule has 98 valence electrons. The number of anilines is 1. The minimum atomic E-state index is -0.594. The smallest absolute Gasteiger partial charge is 0.133 e. The third-order valence-electron chi connectivity index (χ3n) is 3.85. The van der Waals surface area contributed by atoms with E-state index in [9.17, 15) is 4.21 Å². The molecule has 0 atom stereocenters. The Bertz CT molecular complexity index is 454. The van der Waals surface area contributed by atoms with Crippen LogP contribution < -0.4 is 5.32 Å². The zero-order chi connectivity index (χ0) is 12.4. The first-order valence-electron chi connectivity index (χ1n) is 6.77. The second-order valence-electron chi connectivity index (χ2n) is 5.12. The van der Waals surface area contributed by atoms with E-state index in [0.29, 0.717) is 6.04 Å². The molecule has 1 saturated heterocycles. The Morgan fingerprint density at radius 3 is 2.78 bits per heavy atom. The van der Waals surface area contributed by atoms with Crippen molar-refractivity contribution in [2.24, 2.45) is 0 Å². The van der Waals surface area contributed by atoms with Gasteiger partial charge in [0.1, 0.15) is 12.1 Å². The maximum atomic E-state index is 11.4. The predicted octanol–water partition coefficient (Wildman–Crippen LogP) is 1.68. The first-order valence-corrected chi connectivity index (χ1v) is 8.26. The molecule has 4 nitrogen and oxygen atoms in total. The molecule has 1 aromatic rings. The Kier molecular flexibility index (Phi) is 3.59. The number of aromatic nitrogens is 2. The molecule has 3 rings (SSSR count). The van der Waals surface area contributed by atoms with Crippen molar-refractivity contribution in [1.82, 2.24) is 9.97 Å². The van der Waals surface area contributed by atoms with E-state index in [-0.39, 0.29) is 0 Å². The quantitative estimate of drug-likeness (QED) is 0.884. The molecule has 1 aliphatic carbocycles. The lowest BCUT2D eigenvalue weighted by atomic mass is 9.96. The van der Waals surface area contributed by atoms with Crippen LogP contribution in [0.4, 0.5) is 5.82 Å². The second-order valence-corrected chi connectivity index (χ2v) is 6.82. The summed E-state index contributed by atoms with van der Waals surface area (Å²) in [5.74, 6) is 2.67. The lowest BCUT2D eigenvalue weighted by Crippen LogP contribution is -2.30. The molecule has 0 unspecified atom stereocenters. The molecule has 0 spiro atoms. The van der Waals surface area contributed by atoms with Gasteiger partial charge in [0, 0.05) is 39.6 Å². The van der Waals surface area contributed by atoms with E-state index in [1.165, 1.54) is 24.1 Å². The van der Waals surface area contributed by atoms with Gasteiger partial charge in [-0.25, -0.2) is 9.97 Å². The van der Waals surface area contributed by atoms with Gasteiger partial charge in [0.25, 0.3) is 0 Å². The van der Waals surface area contributed by atoms with Gasteiger partial charge in [0.15, 0.2) is 0 Å². The number of aryl methyl sites for hydroxylation is 1. The average molecular weight is 265 g/mol. The Labute approximate surface area is 110 Å². The van der Waals surface area contributed by atoms with Gasteiger partial charge < -0.3 is 5.32 Å². The molecular weight excluding hydrogens is 246 g/mol. The maximum Gasteiger partial charge on any atom is 0.133 e. The molecule has 0 bridgehead atoms. The van der Waals surface area contributed by atoms with Crippen LogP contribution in [0.15, 0.2) is 6.33 Å². The molecule has 5 heteroatoms. The summed E-state index contributed by atoms with van der Waals surface area (Å²) in [6.07, 6.45) is 8.32. The fraction of sp³-hybridized carbons (Fsp3) is 0.692. The van der Waals surface area contributed by atoms with Crippen molar-refractivity contribution < 1.29 is 4.21 Å². The van der Waals surface area contributed by atoms with Crippen LogP contribution in [0.5, 0.6) is 0 Å². The van der Waals surface area contributed by atoms with E-state index in [2.05, 4.69) is 15.3 Å². The summed E-state index contributed by atoms with van der Waals surface area (Å²) < 4.78 is 11.4. The lowest BCUT2D eigenvalue weighted by Gasteiger charge is -2.25. The summed E-state index contributed by atoms with van der Waals surface area (Å²) in [5.41, 5.74) is 2.54. The van der Waals surface area contributed by atoms with Crippen LogP contribution in [0.1, 0.15) is 36.9 Å². The Hall–Kier alpha value is -0.970. The fourth-order valence-corrected chi connectivity index (χ4v) is 4.08. The van der Waals surface area contributed by atoms with Gasteiger partial charge in [0.05, 0.1) is 0 Å². The van der Waals surface area contributed by atoms with Gasteiger partial charge in [-0.1, -0.05) is 0 Å². The number of hydrogen-bond acceptors (Lipinski definition) is 4. The molecule has 0 radical (unpaired) electrons. The van der Waals surface area contributed by atoms with Crippen molar-refractivity contribution in [3.8, 4) is 0 Å². The number of hydrogen-bond donors (Lipinski definition) is 1. The molecule has 1 N–H and O–H groups in total. The summed E-state index contributed by atoms with van der Waals surface area (Å²) in [4.78, 5) is 8.79. The molecule has 1 aromatic heterocycles. The van der Waals surface area contributed by atoms with Crippen LogP contribution in [0.2, 0.25) is 0 Å². The van der Waals surface area contributed by atoms with E-state index in [1.807, 2.05) is 0 Å². The van der Waals surface area contributed by atoms with E-state index in [1.54, 1.807) is 6.33 Å². The van der Waals surface area contributed by atoms with Crippen molar-refractivity contribution in [3.05, 3.63) is 17.6 Å². The summed E-state index contributed by atoms with van der Waals surface area (Å²) in [5, 5.41) is 3.54. The molecule has 1 fully saturated rings. The number of rotatable bonds is 2. The molecular formula is C13H19N3OS. The monoisotopic (exact) mass is 265 g/mol. The van der Waals surface area contributed by atoms with Gasteiger partial charge in [-0.2, -0.15) is 0 Å². The van der Waals surface area contributed by atoms with Crippen molar-refractivity contribution in [1.29, 1.82) is 0 Å². The third kappa shape index (κ3) is 2.55. The molecule has 0 aromatic carbocycles. The minimum Gasteiger partial charge on any atom is -0.367 e. The lowest BCUT2D eigenvalue weighted by molar-refractivity contribution is 0.616. The average Bonchev–Trinajstić information content (AvgIpc) is 2.42. The molecule has 2 heterocycles. The standard InChI is InChI=1S/C13H19N3OS/c17-18-7-5-10(6-8-18)16-13-11-3-1-2-4-12(11)14-9-15-13/h9-10H,1-8H2,(H,14,15,16). The fourth-order valence-electron chi connectivity index (χ4n) is 2.78. The largest absolute Gasteiger partial charge is 0.367 e. The van der Waals surface area contributed by atoms with Gasteiger partial charge in [-0.15, -0.1) is 0 Å². The minimum absolute atomic E-state index is 0.434. The second kappa shape index (κ2) is 5.34. The van der Waals surface area contributed by atoms with Crippen LogP contribution in [0, 0.1) is 0 Å². The third-order valence-corrected chi connectivity index (χ3v) is 5.24. The Balaban J connectivity index is 1.74. The van der Waals surface area contributed by atoms with Crippen molar-refractivity contribution >= 4 is 16.6 Å². The summed E-state index contributed by atoms with van der Waals surface area (Å²) in [7, 11) is -0.594. The highest BCUT2D eigenvalue weighted by Gasteiger charge is 2.21. The zero-order valence-corrected chi connectivity index (χ0v) is 11.3. The molecule has 18 heavy (non-hydrogen) atoms. The zero-order valence-electron chi connectivity index (χ0n) is 10.5. The topological polar surface area (TPSA) is 54.9 Å². The van der Waals surface area contributed by atoms with Crippen LogP contribution in [-0.4, -0.2) is 31.7 Å². The van der Waals surface area contributed by atoms with E-state index in [4.69, 9.17) is 0 Å². The normalized spacial score (nSPS) is 27.6. The molecule has 1 aliphatic heterocycles. The van der Waals surface area contributed by atoms with Crippen LogP contribution >= 0.6 is 0 Å². The van der Waals surface area contributed by atoms with E-state index < -0.39 is 10.8 Å². The van der Waals surface area contributed by atoms with Gasteiger partial charge in [0.2, 0.25) is 0 Å². The molecule has 0 saturated carbocycles. The Morgan fingerprint density at radius 2 is 1.94 bits per heavy atom. The highest BCUT2D eigenvalue weighted by molar-refractivity contribution is 7.85.